The summed E-state index contributed by atoms with van der Waals surface area (Å²) in [5.41, 5.74) is 0.862. The number of amides is 2. The molecule has 0 atom stereocenters. The highest BCUT2D eigenvalue weighted by molar-refractivity contribution is 6.43. The molecule has 1 saturated heterocycles. The number of anilines is 2. The number of halogens is 1. The molecule has 2 heterocycles. The van der Waals surface area contributed by atoms with Gasteiger partial charge in [0.1, 0.15) is 5.75 Å². The highest BCUT2D eigenvalue weighted by atomic mass is 35.5. The van der Waals surface area contributed by atoms with Gasteiger partial charge in [0, 0.05) is 31.5 Å². The van der Waals surface area contributed by atoms with Gasteiger partial charge in [-0.15, -0.1) is 0 Å². The molecule has 0 spiro atoms. The van der Waals surface area contributed by atoms with E-state index < -0.39 is 11.8 Å². The summed E-state index contributed by atoms with van der Waals surface area (Å²) < 4.78 is 12.7. The van der Waals surface area contributed by atoms with Crippen LogP contribution in [-0.2, 0) is 20.9 Å². The fourth-order valence-electron chi connectivity index (χ4n) is 2.95. The Hall–Kier alpha value is -2.62. The zero-order valence-electron chi connectivity index (χ0n) is 17.8. The first-order valence-electron chi connectivity index (χ1n) is 10.3. The Morgan fingerprint density at radius 2 is 1.87 bits per heavy atom. The number of aromatic nitrogens is 2. The van der Waals surface area contributed by atoms with Crippen LogP contribution in [0.4, 0.5) is 11.4 Å². The van der Waals surface area contributed by atoms with Crippen LogP contribution in [-0.4, -0.2) is 65.9 Å². The molecule has 1 aliphatic rings. The van der Waals surface area contributed by atoms with Crippen LogP contribution in [0.3, 0.4) is 0 Å². The first-order valence-corrected chi connectivity index (χ1v) is 10.7. The van der Waals surface area contributed by atoms with E-state index in [1.54, 1.807) is 29.1 Å². The van der Waals surface area contributed by atoms with Gasteiger partial charge in [-0.2, -0.15) is 5.10 Å². The lowest BCUT2D eigenvalue weighted by Gasteiger charge is -2.26. The molecular formula is C21H28ClN5O4. The van der Waals surface area contributed by atoms with E-state index in [0.717, 1.165) is 32.8 Å². The minimum Gasteiger partial charge on any atom is -0.492 e. The van der Waals surface area contributed by atoms with Crippen LogP contribution in [0.2, 0.25) is 5.02 Å². The summed E-state index contributed by atoms with van der Waals surface area (Å²) in [4.78, 5) is 26.7. The minimum absolute atomic E-state index is 0.361. The quantitative estimate of drug-likeness (QED) is 0.601. The summed E-state index contributed by atoms with van der Waals surface area (Å²) in [6.45, 7) is 9.43. The Kier molecular flexibility index (Phi) is 8.27. The average molecular weight is 450 g/mol. The molecule has 1 aromatic carbocycles. The number of morpholine rings is 1. The number of carbonyl (C=O) groups excluding carboxylic acids is 2. The molecule has 0 bridgehead atoms. The van der Waals surface area contributed by atoms with Crippen LogP contribution in [0.15, 0.2) is 30.6 Å². The third-order valence-electron chi connectivity index (χ3n) is 4.61. The number of nitrogens with zero attached hydrogens (tertiary/aromatic N) is 3. The van der Waals surface area contributed by atoms with Gasteiger partial charge in [-0.25, -0.2) is 0 Å². The number of rotatable bonds is 8. The van der Waals surface area contributed by atoms with E-state index in [1.165, 1.54) is 6.20 Å². The minimum atomic E-state index is -0.798. The topological polar surface area (TPSA) is 97.7 Å². The predicted molar refractivity (Wildman–Crippen MR) is 119 cm³/mol. The van der Waals surface area contributed by atoms with Crippen molar-refractivity contribution in [2.45, 2.75) is 20.4 Å². The van der Waals surface area contributed by atoms with Crippen LogP contribution in [0.25, 0.3) is 0 Å². The van der Waals surface area contributed by atoms with E-state index in [0.29, 0.717) is 41.2 Å². The third kappa shape index (κ3) is 7.23. The van der Waals surface area contributed by atoms with Gasteiger partial charge in [-0.1, -0.05) is 25.4 Å². The van der Waals surface area contributed by atoms with Gasteiger partial charge >= 0.3 is 11.8 Å². The summed E-state index contributed by atoms with van der Waals surface area (Å²) in [5.74, 6) is -0.692. The van der Waals surface area contributed by atoms with Crippen molar-refractivity contribution in [3.05, 3.63) is 35.6 Å². The molecular weight excluding hydrogens is 422 g/mol. The van der Waals surface area contributed by atoms with Crippen LogP contribution in [0, 0.1) is 5.92 Å². The second-order valence-electron chi connectivity index (χ2n) is 7.70. The molecule has 168 valence electrons. The Labute approximate surface area is 186 Å². The fraction of sp³-hybridized carbons (Fsp3) is 0.476. The number of hydrogen-bond donors (Lipinski definition) is 2. The second kappa shape index (κ2) is 11.1. The van der Waals surface area contributed by atoms with Crippen LogP contribution in [0.5, 0.6) is 5.75 Å². The maximum atomic E-state index is 12.2. The van der Waals surface area contributed by atoms with Crippen LogP contribution >= 0.6 is 11.6 Å². The van der Waals surface area contributed by atoms with Gasteiger partial charge in [0.25, 0.3) is 0 Å². The zero-order valence-corrected chi connectivity index (χ0v) is 18.5. The molecule has 2 N–H and O–H groups in total. The first-order chi connectivity index (χ1) is 14.9. The lowest BCUT2D eigenvalue weighted by molar-refractivity contribution is -0.132. The number of carbonyl (C=O) groups is 2. The fourth-order valence-corrected chi connectivity index (χ4v) is 3.18. The monoisotopic (exact) mass is 449 g/mol. The van der Waals surface area contributed by atoms with E-state index >= 15 is 0 Å². The summed E-state index contributed by atoms with van der Waals surface area (Å²) in [6.07, 6.45) is 3.21. The SMILES string of the molecule is CC(C)COc1ccc(NC(=O)C(=O)Nc2cnn(CCN3CCOCC3)c2)cc1Cl. The standard InChI is InChI=1S/C21H28ClN5O4/c1-15(2)14-31-19-4-3-16(11-18(19)22)24-20(28)21(29)25-17-12-23-27(13-17)6-5-26-7-9-30-10-8-26/h3-4,11-13,15H,5-10,14H2,1-2H3,(H,24,28)(H,25,29). The molecule has 1 aliphatic heterocycles. The van der Waals surface area contributed by atoms with Crippen molar-refractivity contribution in [3.63, 3.8) is 0 Å². The van der Waals surface area contributed by atoms with Crippen molar-refractivity contribution in [2.75, 3.05) is 50.1 Å². The summed E-state index contributed by atoms with van der Waals surface area (Å²) in [6, 6.07) is 4.85. The van der Waals surface area contributed by atoms with E-state index in [2.05, 4.69) is 20.6 Å². The number of nitrogens with one attached hydrogen (secondary N) is 2. The van der Waals surface area contributed by atoms with Gasteiger partial charge < -0.3 is 20.1 Å². The van der Waals surface area contributed by atoms with Crippen molar-refractivity contribution in [2.24, 2.45) is 5.92 Å². The van der Waals surface area contributed by atoms with Gasteiger partial charge in [0.15, 0.2) is 0 Å². The largest absolute Gasteiger partial charge is 0.492 e. The summed E-state index contributed by atoms with van der Waals surface area (Å²) in [7, 11) is 0. The number of ether oxygens (including phenoxy) is 2. The van der Waals surface area contributed by atoms with Crippen LogP contribution < -0.4 is 15.4 Å². The van der Waals surface area contributed by atoms with Crippen LogP contribution in [0.1, 0.15) is 13.8 Å². The Balaban J connectivity index is 1.47. The Morgan fingerprint density at radius 3 is 2.55 bits per heavy atom. The number of hydrogen-bond acceptors (Lipinski definition) is 6. The molecule has 2 aromatic rings. The molecule has 9 nitrogen and oxygen atoms in total. The lowest BCUT2D eigenvalue weighted by atomic mass is 10.2. The molecule has 0 unspecified atom stereocenters. The lowest BCUT2D eigenvalue weighted by Crippen LogP contribution is -2.38. The molecule has 0 saturated carbocycles. The molecule has 1 fully saturated rings. The zero-order chi connectivity index (χ0) is 22.2. The highest BCUT2D eigenvalue weighted by Crippen LogP contribution is 2.28. The van der Waals surface area contributed by atoms with Gasteiger partial charge in [0.05, 0.1) is 43.3 Å². The highest BCUT2D eigenvalue weighted by Gasteiger charge is 2.16. The van der Waals surface area contributed by atoms with Gasteiger partial charge in [-0.05, 0) is 24.1 Å². The normalized spacial score (nSPS) is 14.5. The molecule has 0 radical (unpaired) electrons. The van der Waals surface area contributed by atoms with E-state index in [9.17, 15) is 9.59 Å². The maximum Gasteiger partial charge on any atom is 0.314 e. The first kappa shape index (κ1) is 23.1. The summed E-state index contributed by atoms with van der Waals surface area (Å²) >= 11 is 6.20. The predicted octanol–water partition coefficient (Wildman–Crippen LogP) is 2.48. The Bertz CT molecular complexity index is 896. The second-order valence-corrected chi connectivity index (χ2v) is 8.11. The van der Waals surface area contributed by atoms with Crippen molar-refractivity contribution < 1.29 is 19.1 Å². The van der Waals surface area contributed by atoms with Crippen molar-refractivity contribution in [3.8, 4) is 5.75 Å². The van der Waals surface area contributed by atoms with Crippen molar-refractivity contribution >= 4 is 34.8 Å². The number of benzene rings is 1. The van der Waals surface area contributed by atoms with Gasteiger partial charge in [-0.3, -0.25) is 19.2 Å². The molecule has 1 aromatic heterocycles. The average Bonchev–Trinajstić information content (AvgIpc) is 3.19. The van der Waals surface area contributed by atoms with Crippen molar-refractivity contribution in [1.82, 2.24) is 14.7 Å². The molecule has 10 heteroatoms. The smallest absolute Gasteiger partial charge is 0.314 e. The maximum absolute atomic E-state index is 12.2. The Morgan fingerprint density at radius 1 is 1.16 bits per heavy atom. The van der Waals surface area contributed by atoms with E-state index in [4.69, 9.17) is 21.1 Å². The summed E-state index contributed by atoms with van der Waals surface area (Å²) in [5, 5.41) is 9.68. The van der Waals surface area contributed by atoms with E-state index in [1.807, 2.05) is 13.8 Å². The molecule has 31 heavy (non-hydrogen) atoms. The van der Waals surface area contributed by atoms with Crippen molar-refractivity contribution in [1.29, 1.82) is 0 Å². The molecule has 0 aliphatic carbocycles. The molecule has 3 rings (SSSR count). The van der Waals surface area contributed by atoms with Gasteiger partial charge in [0.2, 0.25) is 0 Å². The van der Waals surface area contributed by atoms with E-state index in [-0.39, 0.29) is 0 Å². The third-order valence-corrected chi connectivity index (χ3v) is 4.90. The molecule has 2 amide bonds.